The zero-order valence-corrected chi connectivity index (χ0v) is 20.3. The van der Waals surface area contributed by atoms with Gasteiger partial charge in [0.1, 0.15) is 5.82 Å². The van der Waals surface area contributed by atoms with Crippen LogP contribution < -0.4 is 5.32 Å². The van der Waals surface area contributed by atoms with Crippen LogP contribution in [0.5, 0.6) is 0 Å². The highest BCUT2D eigenvalue weighted by Gasteiger charge is 2.33. The first-order chi connectivity index (χ1) is 15.9. The summed E-state index contributed by atoms with van der Waals surface area (Å²) in [7, 11) is 4.17. The second kappa shape index (κ2) is 8.95. The first-order valence-corrected chi connectivity index (χ1v) is 12.2. The van der Waals surface area contributed by atoms with Crippen molar-refractivity contribution < 1.29 is 4.79 Å². The molecule has 0 bridgehead atoms. The molecule has 2 aliphatic heterocycles. The van der Waals surface area contributed by atoms with Gasteiger partial charge in [-0.2, -0.15) is 0 Å². The normalized spacial score (nSPS) is 21.7. The van der Waals surface area contributed by atoms with E-state index in [-0.39, 0.29) is 18.0 Å². The van der Waals surface area contributed by atoms with Crippen molar-refractivity contribution in [2.75, 3.05) is 33.2 Å². The first-order valence-electron chi connectivity index (χ1n) is 12.2. The van der Waals surface area contributed by atoms with Crippen molar-refractivity contribution in [3.05, 3.63) is 53.7 Å². The highest BCUT2D eigenvalue weighted by Crippen LogP contribution is 2.36. The third kappa shape index (κ3) is 4.32. The highest BCUT2D eigenvalue weighted by molar-refractivity contribution is 5.90. The summed E-state index contributed by atoms with van der Waals surface area (Å²) in [5.41, 5.74) is 3.82. The minimum absolute atomic E-state index is 0.167. The number of likely N-dealkylation sites (N-methyl/N-ethyl adjacent to an activating group) is 1. The summed E-state index contributed by atoms with van der Waals surface area (Å²) in [5, 5.41) is 5.11. The summed E-state index contributed by atoms with van der Waals surface area (Å²) in [4.78, 5) is 22.5. The second-order valence-corrected chi connectivity index (χ2v) is 10.2. The summed E-state index contributed by atoms with van der Waals surface area (Å²) in [6.07, 6.45) is 7.83. The van der Waals surface area contributed by atoms with E-state index in [2.05, 4.69) is 74.5 Å². The van der Waals surface area contributed by atoms with Crippen LogP contribution in [0.4, 0.5) is 0 Å². The fraction of sp³-hybridized carbons (Fsp3) is 0.538. The van der Waals surface area contributed by atoms with E-state index in [9.17, 15) is 4.79 Å². The maximum Gasteiger partial charge on any atom is 0.240 e. The quantitative estimate of drug-likeness (QED) is 0.652. The fourth-order valence-electron chi connectivity index (χ4n) is 5.43. The van der Waals surface area contributed by atoms with E-state index in [4.69, 9.17) is 0 Å². The van der Waals surface area contributed by atoms with E-state index >= 15 is 0 Å². The lowest BCUT2D eigenvalue weighted by Crippen LogP contribution is -2.54. The number of benzene rings is 1. The molecule has 4 heterocycles. The van der Waals surface area contributed by atoms with Crippen LogP contribution in [0.15, 0.2) is 36.8 Å². The van der Waals surface area contributed by atoms with E-state index in [1.54, 1.807) is 0 Å². The lowest BCUT2D eigenvalue weighted by atomic mass is 9.94. The molecule has 1 saturated heterocycles. The van der Waals surface area contributed by atoms with Gasteiger partial charge in [-0.25, -0.2) is 4.98 Å². The van der Waals surface area contributed by atoms with E-state index < -0.39 is 0 Å². The van der Waals surface area contributed by atoms with Gasteiger partial charge in [0, 0.05) is 68.8 Å². The Kier molecular flexibility index (Phi) is 6.01. The fourth-order valence-corrected chi connectivity index (χ4v) is 5.43. The van der Waals surface area contributed by atoms with Crippen molar-refractivity contribution in [3.63, 3.8) is 0 Å². The Morgan fingerprint density at radius 1 is 1.18 bits per heavy atom. The monoisotopic (exact) mass is 448 g/mol. The van der Waals surface area contributed by atoms with Crippen LogP contribution in [0.25, 0.3) is 10.9 Å². The number of nitrogens with one attached hydrogen (secondary N) is 1. The van der Waals surface area contributed by atoms with E-state index in [1.807, 2.05) is 19.4 Å². The molecule has 3 aromatic rings. The Bertz CT molecular complexity index is 1140. The predicted molar refractivity (Wildman–Crippen MR) is 131 cm³/mol. The largest absolute Gasteiger partial charge is 0.340 e. The van der Waals surface area contributed by atoms with E-state index in [0.717, 1.165) is 51.4 Å². The summed E-state index contributed by atoms with van der Waals surface area (Å²) in [6, 6.07) is 6.59. The molecule has 33 heavy (non-hydrogen) atoms. The average molecular weight is 449 g/mol. The molecule has 7 heteroatoms. The number of hydrogen-bond donors (Lipinski definition) is 1. The van der Waals surface area contributed by atoms with Crippen molar-refractivity contribution in [1.29, 1.82) is 0 Å². The van der Waals surface area contributed by atoms with Crippen molar-refractivity contribution in [2.24, 2.45) is 13.0 Å². The number of aromatic nitrogens is 3. The molecule has 0 radical (unpaired) electrons. The average Bonchev–Trinajstić information content (AvgIpc) is 3.31. The van der Waals surface area contributed by atoms with Gasteiger partial charge in [0.25, 0.3) is 0 Å². The second-order valence-electron chi connectivity index (χ2n) is 10.2. The lowest BCUT2D eigenvalue weighted by molar-refractivity contribution is -0.135. The molecule has 0 saturated carbocycles. The Morgan fingerprint density at radius 3 is 2.67 bits per heavy atom. The molecule has 5 rings (SSSR count). The Balaban J connectivity index is 1.53. The molecule has 1 aromatic carbocycles. The van der Waals surface area contributed by atoms with Gasteiger partial charge in [0.05, 0.1) is 12.6 Å². The molecule has 1 fully saturated rings. The molecule has 2 unspecified atom stereocenters. The smallest absolute Gasteiger partial charge is 0.240 e. The number of aryl methyl sites for hydroxylation is 1. The molecule has 2 atom stereocenters. The Hall–Kier alpha value is -2.64. The third-order valence-electron chi connectivity index (χ3n) is 7.27. The van der Waals surface area contributed by atoms with Crippen molar-refractivity contribution in [3.8, 4) is 0 Å². The molecule has 1 amide bonds. The SMILES string of the molecule is CC(C)CC1NC(C(=O)N2CCN(C)CC2)Cc2cn(Cc3nccn3C)c3cccc1c23. The van der Waals surface area contributed by atoms with Crippen LogP contribution in [-0.2, 0) is 24.8 Å². The zero-order chi connectivity index (χ0) is 23.1. The van der Waals surface area contributed by atoms with Gasteiger partial charge >= 0.3 is 0 Å². The van der Waals surface area contributed by atoms with Gasteiger partial charge in [0.2, 0.25) is 5.91 Å². The van der Waals surface area contributed by atoms with E-state index in [0.29, 0.717) is 5.92 Å². The predicted octanol–water partition coefficient (Wildman–Crippen LogP) is 2.80. The van der Waals surface area contributed by atoms with Crippen molar-refractivity contribution in [1.82, 2.24) is 29.2 Å². The van der Waals surface area contributed by atoms with Gasteiger partial charge in [-0.1, -0.05) is 26.0 Å². The molecular formula is C26H36N6O. The number of amides is 1. The maximum atomic E-state index is 13.6. The van der Waals surface area contributed by atoms with Gasteiger partial charge in [0.15, 0.2) is 0 Å². The number of imidazole rings is 1. The first kappa shape index (κ1) is 22.2. The van der Waals surface area contributed by atoms with Crippen molar-refractivity contribution >= 4 is 16.8 Å². The topological polar surface area (TPSA) is 58.3 Å². The minimum Gasteiger partial charge on any atom is -0.340 e. The molecule has 7 nitrogen and oxygen atoms in total. The summed E-state index contributed by atoms with van der Waals surface area (Å²) in [5.74, 6) is 1.81. The zero-order valence-electron chi connectivity index (χ0n) is 20.3. The van der Waals surface area contributed by atoms with Gasteiger partial charge in [-0.05, 0) is 43.0 Å². The highest BCUT2D eigenvalue weighted by atomic mass is 16.2. The summed E-state index contributed by atoms with van der Waals surface area (Å²) < 4.78 is 4.38. The van der Waals surface area contributed by atoms with Crippen molar-refractivity contribution in [2.45, 2.75) is 45.3 Å². The van der Waals surface area contributed by atoms with Crippen LogP contribution in [0, 0.1) is 5.92 Å². The number of hydrogen-bond acceptors (Lipinski definition) is 4. The molecule has 2 aromatic heterocycles. The van der Waals surface area contributed by atoms with Crippen LogP contribution in [0.2, 0.25) is 0 Å². The number of rotatable bonds is 5. The van der Waals surface area contributed by atoms with E-state index in [1.165, 1.54) is 22.0 Å². The molecule has 0 spiro atoms. The lowest BCUT2D eigenvalue weighted by Gasteiger charge is -2.35. The maximum absolute atomic E-state index is 13.6. The summed E-state index contributed by atoms with van der Waals surface area (Å²) in [6.45, 7) is 8.75. The van der Waals surface area contributed by atoms with Crippen LogP contribution in [0.3, 0.4) is 0 Å². The minimum atomic E-state index is -0.197. The Labute approximate surface area is 196 Å². The van der Waals surface area contributed by atoms with Crippen LogP contribution in [-0.4, -0.2) is 69.1 Å². The molecule has 2 aliphatic rings. The molecule has 1 N–H and O–H groups in total. The summed E-state index contributed by atoms with van der Waals surface area (Å²) >= 11 is 0. The standard InChI is InChI=1S/C26H36N6O/c1-18(2)14-21-20-6-5-7-23-25(20)19(16-32(23)17-24-27-8-9-30(24)4)15-22(28-21)26(33)31-12-10-29(3)11-13-31/h5-9,16,18,21-22,28H,10-15,17H2,1-4H3. The van der Waals surface area contributed by atoms with Gasteiger partial charge in [-0.15, -0.1) is 0 Å². The third-order valence-corrected chi connectivity index (χ3v) is 7.27. The van der Waals surface area contributed by atoms with Gasteiger partial charge in [-0.3, -0.25) is 10.1 Å². The molecule has 0 aliphatic carbocycles. The molecule has 176 valence electrons. The number of nitrogens with zero attached hydrogens (tertiary/aromatic N) is 5. The number of carbonyl (C=O) groups excluding carboxylic acids is 1. The number of piperazine rings is 1. The van der Waals surface area contributed by atoms with Crippen LogP contribution in [0.1, 0.15) is 43.3 Å². The molecular weight excluding hydrogens is 412 g/mol. The number of carbonyl (C=O) groups is 1. The van der Waals surface area contributed by atoms with Crippen LogP contribution >= 0.6 is 0 Å². The van der Waals surface area contributed by atoms with Gasteiger partial charge < -0.3 is 18.9 Å². The Morgan fingerprint density at radius 2 is 1.97 bits per heavy atom.